The predicted octanol–water partition coefficient (Wildman–Crippen LogP) is 1.57. The number of pyridine rings is 1. The molecule has 0 aromatic carbocycles. The summed E-state index contributed by atoms with van der Waals surface area (Å²) in [6, 6.07) is 5.97. The lowest BCUT2D eigenvalue weighted by Gasteiger charge is -2.13. The summed E-state index contributed by atoms with van der Waals surface area (Å²) in [6.45, 7) is 1.39. The summed E-state index contributed by atoms with van der Waals surface area (Å²) >= 11 is 1.48. The quantitative estimate of drug-likeness (QED) is 0.658. The number of hydrogen-bond donors (Lipinski definition) is 1. The Balaban J connectivity index is 2.21. The second kappa shape index (κ2) is 6.85. The molecule has 23 heavy (non-hydrogen) atoms. The second-order valence-corrected chi connectivity index (χ2v) is 5.70. The first-order valence-electron chi connectivity index (χ1n) is 6.54. The highest BCUT2D eigenvalue weighted by molar-refractivity contribution is 7.10. The first-order valence-corrected chi connectivity index (χ1v) is 7.42. The third-order valence-electron chi connectivity index (χ3n) is 3.06. The van der Waals surface area contributed by atoms with Gasteiger partial charge in [-0.15, -0.1) is 11.3 Å². The molecule has 2 rings (SSSR count). The lowest BCUT2D eigenvalue weighted by molar-refractivity contribution is -0.385. The van der Waals surface area contributed by atoms with Gasteiger partial charge in [0, 0.05) is 10.9 Å². The van der Waals surface area contributed by atoms with E-state index in [2.05, 4.69) is 5.32 Å². The summed E-state index contributed by atoms with van der Waals surface area (Å²) < 4.78 is 0.868. The first-order chi connectivity index (χ1) is 10.9. The molecule has 9 heteroatoms. The van der Waals surface area contributed by atoms with Gasteiger partial charge in [-0.25, -0.2) is 0 Å². The highest BCUT2D eigenvalue weighted by Gasteiger charge is 2.17. The summed E-state index contributed by atoms with van der Waals surface area (Å²) in [4.78, 5) is 35.1. The molecule has 2 aromatic rings. The van der Waals surface area contributed by atoms with Gasteiger partial charge < -0.3 is 5.32 Å². The summed E-state index contributed by atoms with van der Waals surface area (Å²) in [5, 5.41) is 24.3. The van der Waals surface area contributed by atoms with Crippen molar-refractivity contribution in [1.82, 2.24) is 9.88 Å². The van der Waals surface area contributed by atoms with Crippen molar-refractivity contribution >= 4 is 22.9 Å². The third kappa shape index (κ3) is 3.81. The van der Waals surface area contributed by atoms with Crippen molar-refractivity contribution < 1.29 is 9.72 Å². The van der Waals surface area contributed by atoms with E-state index >= 15 is 0 Å². The molecule has 2 heterocycles. The van der Waals surface area contributed by atoms with Crippen molar-refractivity contribution in [2.45, 2.75) is 19.5 Å². The fourth-order valence-corrected chi connectivity index (χ4v) is 2.70. The molecule has 0 saturated carbocycles. The maximum Gasteiger partial charge on any atom is 0.287 e. The van der Waals surface area contributed by atoms with Gasteiger partial charge in [0.25, 0.3) is 11.2 Å². The van der Waals surface area contributed by atoms with Crippen LogP contribution in [-0.4, -0.2) is 15.4 Å². The van der Waals surface area contributed by atoms with Crippen molar-refractivity contribution in [2.75, 3.05) is 0 Å². The molecule has 0 spiro atoms. The Hall–Kier alpha value is -2.99. The predicted molar refractivity (Wildman–Crippen MR) is 82.9 cm³/mol. The van der Waals surface area contributed by atoms with E-state index in [4.69, 9.17) is 5.26 Å². The van der Waals surface area contributed by atoms with Gasteiger partial charge in [-0.1, -0.05) is 6.07 Å². The molecule has 0 saturated heterocycles. The Labute approximate surface area is 134 Å². The van der Waals surface area contributed by atoms with E-state index in [1.807, 2.05) is 17.5 Å². The Bertz CT molecular complexity index is 835. The van der Waals surface area contributed by atoms with E-state index in [1.165, 1.54) is 11.3 Å². The fourth-order valence-electron chi connectivity index (χ4n) is 1.97. The van der Waals surface area contributed by atoms with Crippen molar-refractivity contribution in [3.8, 4) is 6.07 Å². The van der Waals surface area contributed by atoms with E-state index in [0.29, 0.717) is 0 Å². The molecule has 0 radical (unpaired) electrons. The number of rotatable bonds is 5. The number of carbonyl (C=O) groups excluding carboxylic acids is 1. The summed E-state index contributed by atoms with van der Waals surface area (Å²) in [5.41, 5.74) is -1.53. The summed E-state index contributed by atoms with van der Waals surface area (Å²) in [6.07, 6.45) is 0.957. The van der Waals surface area contributed by atoms with Crippen LogP contribution in [0.1, 0.15) is 23.4 Å². The Morgan fingerprint density at radius 2 is 2.35 bits per heavy atom. The van der Waals surface area contributed by atoms with Gasteiger partial charge in [0.15, 0.2) is 0 Å². The van der Waals surface area contributed by atoms with Gasteiger partial charge in [0.2, 0.25) is 5.91 Å². The molecule has 118 valence electrons. The van der Waals surface area contributed by atoms with Gasteiger partial charge in [0.05, 0.1) is 17.2 Å². The van der Waals surface area contributed by atoms with Crippen LogP contribution in [0.25, 0.3) is 0 Å². The molecule has 0 aliphatic heterocycles. The minimum Gasteiger partial charge on any atom is -0.347 e. The fraction of sp³-hybridized carbons (Fsp3) is 0.214. The zero-order valence-electron chi connectivity index (χ0n) is 12.1. The number of nitriles is 1. The average Bonchev–Trinajstić information content (AvgIpc) is 3.03. The lowest BCUT2D eigenvalue weighted by Crippen LogP contribution is -2.34. The Morgan fingerprint density at radius 3 is 2.91 bits per heavy atom. The molecule has 0 fully saturated rings. The molecule has 8 nitrogen and oxygen atoms in total. The zero-order valence-corrected chi connectivity index (χ0v) is 12.9. The van der Waals surface area contributed by atoms with Crippen LogP contribution >= 0.6 is 11.3 Å². The molecule has 1 atom stereocenters. The van der Waals surface area contributed by atoms with Crippen molar-refractivity contribution in [3.63, 3.8) is 0 Å². The highest BCUT2D eigenvalue weighted by atomic mass is 32.1. The minimum atomic E-state index is -0.739. The van der Waals surface area contributed by atoms with E-state index in [-0.39, 0.29) is 11.6 Å². The zero-order chi connectivity index (χ0) is 17.0. The number of amides is 1. The molecular weight excluding hydrogens is 320 g/mol. The van der Waals surface area contributed by atoms with Gasteiger partial charge in [0.1, 0.15) is 18.2 Å². The number of nitrogens with zero attached hydrogens (tertiary/aromatic N) is 3. The van der Waals surface area contributed by atoms with Gasteiger partial charge in [-0.05, 0) is 18.4 Å². The number of nitrogens with one attached hydrogen (secondary N) is 1. The monoisotopic (exact) mass is 332 g/mol. The maximum absolute atomic E-state index is 12.0. The van der Waals surface area contributed by atoms with Crippen LogP contribution in [0, 0.1) is 21.4 Å². The lowest BCUT2D eigenvalue weighted by atomic mass is 10.2. The van der Waals surface area contributed by atoms with Crippen LogP contribution in [0.5, 0.6) is 0 Å². The molecule has 0 aliphatic carbocycles. The standard InChI is InChI=1S/C14H12N4O4S/c1-9(12-3-2-4-23-12)16-13(19)8-17-7-11(18(21)22)5-10(6-15)14(17)20/h2-5,7,9H,8H2,1H3,(H,16,19)/t9-/m1/s1. The van der Waals surface area contributed by atoms with E-state index in [0.717, 1.165) is 21.7 Å². The van der Waals surface area contributed by atoms with Gasteiger partial charge in [-0.3, -0.25) is 24.3 Å². The summed E-state index contributed by atoms with van der Waals surface area (Å²) in [7, 11) is 0. The highest BCUT2D eigenvalue weighted by Crippen LogP contribution is 2.18. The maximum atomic E-state index is 12.0. The third-order valence-corrected chi connectivity index (χ3v) is 4.12. The Morgan fingerprint density at radius 1 is 1.61 bits per heavy atom. The largest absolute Gasteiger partial charge is 0.347 e. The van der Waals surface area contributed by atoms with Gasteiger partial charge in [-0.2, -0.15) is 5.26 Å². The smallest absolute Gasteiger partial charge is 0.287 e. The van der Waals surface area contributed by atoms with Crippen molar-refractivity contribution in [3.05, 3.63) is 60.7 Å². The summed E-state index contributed by atoms with van der Waals surface area (Å²) in [5.74, 6) is -0.475. The van der Waals surface area contributed by atoms with E-state index in [1.54, 1.807) is 13.0 Å². The topological polar surface area (TPSA) is 118 Å². The number of nitro groups is 1. The van der Waals surface area contributed by atoms with Crippen LogP contribution in [0.3, 0.4) is 0 Å². The molecule has 2 aromatic heterocycles. The van der Waals surface area contributed by atoms with Crippen molar-refractivity contribution in [2.24, 2.45) is 0 Å². The molecular formula is C14H12N4O4S. The molecule has 1 N–H and O–H groups in total. The Kier molecular flexibility index (Phi) is 4.88. The average molecular weight is 332 g/mol. The number of carbonyl (C=O) groups is 1. The van der Waals surface area contributed by atoms with Crippen molar-refractivity contribution in [1.29, 1.82) is 5.26 Å². The van der Waals surface area contributed by atoms with Gasteiger partial charge >= 0.3 is 0 Å². The SMILES string of the molecule is C[C@@H](NC(=O)Cn1cc([N+](=O)[O-])cc(C#N)c1=O)c1cccs1. The van der Waals surface area contributed by atoms with Crippen LogP contribution in [0.4, 0.5) is 5.69 Å². The second-order valence-electron chi connectivity index (χ2n) is 4.72. The van der Waals surface area contributed by atoms with Crippen LogP contribution < -0.4 is 10.9 Å². The minimum absolute atomic E-state index is 0.243. The van der Waals surface area contributed by atoms with Crippen LogP contribution in [0.2, 0.25) is 0 Å². The van der Waals surface area contributed by atoms with E-state index < -0.39 is 28.6 Å². The number of aromatic nitrogens is 1. The van der Waals surface area contributed by atoms with Crippen LogP contribution in [-0.2, 0) is 11.3 Å². The van der Waals surface area contributed by atoms with Crippen LogP contribution in [0.15, 0.2) is 34.6 Å². The molecule has 0 bridgehead atoms. The molecule has 0 aliphatic rings. The number of hydrogen-bond acceptors (Lipinski definition) is 6. The normalized spacial score (nSPS) is 11.5. The van der Waals surface area contributed by atoms with E-state index in [9.17, 15) is 19.7 Å². The molecule has 0 unspecified atom stereocenters. The number of thiophene rings is 1. The molecule has 1 amide bonds. The first kappa shape index (κ1) is 16.4.